The molecule has 3 aromatic rings. The second-order valence-corrected chi connectivity index (χ2v) is 4.17. The van der Waals surface area contributed by atoms with E-state index in [0.29, 0.717) is 13.2 Å². The zero-order chi connectivity index (χ0) is 13.1. The van der Waals surface area contributed by atoms with E-state index < -0.39 is 0 Å². The molecule has 0 unspecified atom stereocenters. The summed E-state index contributed by atoms with van der Waals surface area (Å²) in [4.78, 5) is 13.2. The molecule has 96 valence electrons. The molecule has 3 rings (SSSR count). The second-order valence-electron chi connectivity index (χ2n) is 4.17. The molecule has 0 spiro atoms. The Morgan fingerprint density at radius 3 is 2.89 bits per heavy atom. The Morgan fingerprint density at radius 2 is 2.11 bits per heavy atom. The fourth-order valence-electron chi connectivity index (χ4n) is 2.07. The number of methoxy groups -OCH3 is 1. The van der Waals surface area contributed by atoms with Crippen molar-refractivity contribution in [2.24, 2.45) is 0 Å². The highest BCUT2D eigenvalue weighted by Gasteiger charge is 2.12. The first kappa shape index (κ1) is 11.8. The van der Waals surface area contributed by atoms with Crippen LogP contribution in [0.1, 0.15) is 0 Å². The lowest BCUT2D eigenvalue weighted by Gasteiger charge is -2.07. The average Bonchev–Trinajstić information content (AvgIpc) is 2.85. The summed E-state index contributed by atoms with van der Waals surface area (Å²) < 4.78 is 7.23. The normalized spacial score (nSPS) is 11.0. The van der Waals surface area contributed by atoms with Crippen LogP contribution in [0, 0.1) is 0 Å². The van der Waals surface area contributed by atoms with Crippen molar-refractivity contribution in [3.63, 3.8) is 0 Å². The van der Waals surface area contributed by atoms with Gasteiger partial charge in [0.2, 0.25) is 0 Å². The lowest BCUT2D eigenvalue weighted by molar-refractivity contribution is 0.188. The van der Waals surface area contributed by atoms with Crippen molar-refractivity contribution >= 4 is 11.2 Å². The topological polar surface area (TPSA) is 52.8 Å². The molecule has 0 aromatic carbocycles. The number of rotatable bonds is 4. The van der Waals surface area contributed by atoms with Gasteiger partial charge in [0, 0.05) is 37.8 Å². The van der Waals surface area contributed by atoms with Crippen LogP contribution in [0.5, 0.6) is 0 Å². The minimum absolute atomic E-state index is 0.620. The highest BCUT2D eigenvalue weighted by Crippen LogP contribution is 2.22. The van der Waals surface area contributed by atoms with Crippen LogP contribution < -0.4 is 0 Å². The summed E-state index contributed by atoms with van der Waals surface area (Å²) >= 11 is 0. The largest absolute Gasteiger partial charge is 0.383 e. The number of aromatic nitrogens is 4. The molecular formula is C14H14N4O. The molecule has 0 saturated carbocycles. The third kappa shape index (κ3) is 2.20. The van der Waals surface area contributed by atoms with Crippen molar-refractivity contribution < 1.29 is 4.74 Å². The van der Waals surface area contributed by atoms with E-state index in [0.717, 1.165) is 22.6 Å². The standard InChI is InChI=1S/C14H14N4O/c1-19-9-8-18-13(11-4-2-6-15-10-11)17-12-5-3-7-16-14(12)18/h2-7,10H,8-9H2,1H3. The molecule has 3 heterocycles. The van der Waals surface area contributed by atoms with E-state index in [1.807, 2.05) is 30.5 Å². The maximum Gasteiger partial charge on any atom is 0.160 e. The summed E-state index contributed by atoms with van der Waals surface area (Å²) in [5.41, 5.74) is 2.74. The first-order valence-electron chi connectivity index (χ1n) is 6.11. The highest BCUT2D eigenvalue weighted by molar-refractivity contribution is 5.76. The zero-order valence-electron chi connectivity index (χ0n) is 10.7. The predicted octanol–water partition coefficient (Wildman–Crippen LogP) is 2.14. The predicted molar refractivity (Wildman–Crippen MR) is 72.6 cm³/mol. The van der Waals surface area contributed by atoms with E-state index in [-0.39, 0.29) is 0 Å². The summed E-state index contributed by atoms with van der Waals surface area (Å²) in [5.74, 6) is 0.874. The van der Waals surface area contributed by atoms with Crippen molar-refractivity contribution in [1.82, 2.24) is 19.5 Å². The highest BCUT2D eigenvalue weighted by atomic mass is 16.5. The van der Waals surface area contributed by atoms with E-state index in [2.05, 4.69) is 19.5 Å². The van der Waals surface area contributed by atoms with Crippen molar-refractivity contribution in [2.75, 3.05) is 13.7 Å². The molecule has 5 heteroatoms. The Balaban J connectivity index is 2.17. The smallest absolute Gasteiger partial charge is 0.160 e. The number of hydrogen-bond donors (Lipinski definition) is 0. The Kier molecular flexibility index (Phi) is 3.20. The third-order valence-electron chi connectivity index (χ3n) is 2.94. The van der Waals surface area contributed by atoms with Gasteiger partial charge in [0.1, 0.15) is 11.3 Å². The quantitative estimate of drug-likeness (QED) is 0.715. The SMILES string of the molecule is COCCn1c(-c2cccnc2)nc2cccnc21. The van der Waals surface area contributed by atoms with Crippen LogP contribution in [0.4, 0.5) is 0 Å². The van der Waals surface area contributed by atoms with Crippen molar-refractivity contribution in [3.8, 4) is 11.4 Å². The number of ether oxygens (including phenoxy) is 1. The summed E-state index contributed by atoms with van der Waals surface area (Å²) in [6, 6.07) is 7.76. The molecule has 0 saturated heterocycles. The number of imidazole rings is 1. The first-order valence-corrected chi connectivity index (χ1v) is 6.11. The van der Waals surface area contributed by atoms with Gasteiger partial charge in [-0.25, -0.2) is 9.97 Å². The van der Waals surface area contributed by atoms with Gasteiger partial charge in [0.25, 0.3) is 0 Å². The molecule has 0 N–H and O–H groups in total. The molecule has 0 radical (unpaired) electrons. The number of nitrogens with zero attached hydrogens (tertiary/aromatic N) is 4. The van der Waals surface area contributed by atoms with E-state index in [4.69, 9.17) is 4.74 Å². The van der Waals surface area contributed by atoms with Gasteiger partial charge in [-0.1, -0.05) is 0 Å². The summed E-state index contributed by atoms with van der Waals surface area (Å²) in [6.45, 7) is 1.34. The van der Waals surface area contributed by atoms with E-state index >= 15 is 0 Å². The van der Waals surface area contributed by atoms with Crippen LogP contribution in [0.25, 0.3) is 22.6 Å². The minimum atomic E-state index is 0.620. The first-order chi connectivity index (χ1) is 9.40. The third-order valence-corrected chi connectivity index (χ3v) is 2.94. The monoisotopic (exact) mass is 254 g/mol. The van der Waals surface area contributed by atoms with Gasteiger partial charge in [-0.15, -0.1) is 0 Å². The number of pyridine rings is 2. The average molecular weight is 254 g/mol. The van der Waals surface area contributed by atoms with Gasteiger partial charge in [-0.2, -0.15) is 0 Å². The molecule has 0 bridgehead atoms. The van der Waals surface area contributed by atoms with Gasteiger partial charge in [-0.05, 0) is 24.3 Å². The summed E-state index contributed by atoms with van der Waals surface area (Å²) in [7, 11) is 1.69. The van der Waals surface area contributed by atoms with Gasteiger partial charge in [-0.3, -0.25) is 4.98 Å². The van der Waals surface area contributed by atoms with Crippen LogP contribution in [0.15, 0.2) is 42.9 Å². The number of hydrogen-bond acceptors (Lipinski definition) is 4. The molecule has 0 aliphatic carbocycles. The maximum atomic E-state index is 5.16. The van der Waals surface area contributed by atoms with Crippen molar-refractivity contribution in [3.05, 3.63) is 42.9 Å². The molecule has 3 aromatic heterocycles. The second kappa shape index (κ2) is 5.16. The van der Waals surface area contributed by atoms with E-state index in [9.17, 15) is 0 Å². The molecule has 0 fully saturated rings. The van der Waals surface area contributed by atoms with Crippen LogP contribution in [0.2, 0.25) is 0 Å². The van der Waals surface area contributed by atoms with Crippen LogP contribution in [0.3, 0.4) is 0 Å². The molecule has 19 heavy (non-hydrogen) atoms. The molecule has 0 amide bonds. The van der Waals surface area contributed by atoms with Gasteiger partial charge >= 0.3 is 0 Å². The number of fused-ring (bicyclic) bond motifs is 1. The Labute approximate surface area is 110 Å². The molecule has 5 nitrogen and oxygen atoms in total. The lowest BCUT2D eigenvalue weighted by atomic mass is 10.3. The molecule has 0 aliphatic rings. The van der Waals surface area contributed by atoms with Gasteiger partial charge in [0.05, 0.1) is 6.61 Å². The molecule has 0 atom stereocenters. The lowest BCUT2D eigenvalue weighted by Crippen LogP contribution is -2.06. The Bertz CT molecular complexity index is 678. The fraction of sp³-hybridized carbons (Fsp3) is 0.214. The molecular weight excluding hydrogens is 240 g/mol. The van der Waals surface area contributed by atoms with Crippen molar-refractivity contribution in [1.29, 1.82) is 0 Å². The van der Waals surface area contributed by atoms with Crippen LogP contribution in [-0.2, 0) is 11.3 Å². The van der Waals surface area contributed by atoms with Crippen LogP contribution in [-0.4, -0.2) is 33.2 Å². The van der Waals surface area contributed by atoms with Crippen molar-refractivity contribution in [2.45, 2.75) is 6.54 Å². The maximum absolute atomic E-state index is 5.16. The zero-order valence-corrected chi connectivity index (χ0v) is 10.7. The van der Waals surface area contributed by atoms with Gasteiger partial charge in [0.15, 0.2) is 5.65 Å². The minimum Gasteiger partial charge on any atom is -0.383 e. The summed E-state index contributed by atoms with van der Waals surface area (Å²) in [5, 5.41) is 0. The van der Waals surface area contributed by atoms with Crippen LogP contribution >= 0.6 is 0 Å². The van der Waals surface area contributed by atoms with E-state index in [1.54, 1.807) is 19.5 Å². The Morgan fingerprint density at radius 1 is 1.21 bits per heavy atom. The van der Waals surface area contributed by atoms with Gasteiger partial charge < -0.3 is 9.30 Å². The fourth-order valence-corrected chi connectivity index (χ4v) is 2.07. The summed E-state index contributed by atoms with van der Waals surface area (Å²) in [6.07, 6.45) is 5.34. The Hall–Kier alpha value is -2.27. The van der Waals surface area contributed by atoms with E-state index in [1.165, 1.54) is 0 Å². The molecule has 0 aliphatic heterocycles.